The Morgan fingerprint density at radius 1 is 1.08 bits per heavy atom. The minimum absolute atomic E-state index is 0.132. The molecule has 2 aromatic heterocycles. The molecular weight excluding hydrogens is 503 g/mol. The molecule has 2 N–H and O–H groups in total. The van der Waals surface area contributed by atoms with Gasteiger partial charge >= 0.3 is 6.18 Å². The Kier molecular flexibility index (Phi) is 6.81. The van der Waals surface area contributed by atoms with Crippen LogP contribution < -0.4 is 10.6 Å². The van der Waals surface area contributed by atoms with Gasteiger partial charge in [-0.25, -0.2) is 4.98 Å². The number of carbonyl (C=O) groups excluding carboxylic acids is 1. The van der Waals surface area contributed by atoms with Crippen molar-refractivity contribution in [3.05, 3.63) is 77.1 Å². The highest BCUT2D eigenvalue weighted by atomic mass is 35.5. The number of aromatic nitrogens is 3. The van der Waals surface area contributed by atoms with Crippen molar-refractivity contribution in [2.75, 3.05) is 5.32 Å². The molecule has 2 heterocycles. The zero-order valence-corrected chi connectivity index (χ0v) is 20.8. The molecule has 1 amide bonds. The van der Waals surface area contributed by atoms with E-state index >= 15 is 0 Å². The lowest BCUT2D eigenvalue weighted by atomic mass is 9.90. The van der Waals surface area contributed by atoms with Crippen LogP contribution in [0.3, 0.4) is 0 Å². The summed E-state index contributed by atoms with van der Waals surface area (Å²) >= 11 is 6.13. The van der Waals surface area contributed by atoms with E-state index in [1.807, 2.05) is 30.3 Å². The number of fused-ring (bicyclic) bond motifs is 1. The fourth-order valence-electron chi connectivity index (χ4n) is 4.86. The molecule has 192 valence electrons. The summed E-state index contributed by atoms with van der Waals surface area (Å²) < 4.78 is 42.1. The van der Waals surface area contributed by atoms with E-state index in [1.165, 1.54) is 12.1 Å². The Hall–Kier alpha value is -3.59. The number of benzene rings is 2. The number of nitrogens with one attached hydrogen (secondary N) is 2. The van der Waals surface area contributed by atoms with Gasteiger partial charge in [0, 0.05) is 47.0 Å². The molecule has 0 bridgehead atoms. The number of aryl methyl sites for hydroxylation is 1. The van der Waals surface area contributed by atoms with Crippen molar-refractivity contribution >= 4 is 34.1 Å². The predicted molar refractivity (Wildman–Crippen MR) is 138 cm³/mol. The lowest BCUT2D eigenvalue weighted by Crippen LogP contribution is -2.42. The number of hydrogen-bond donors (Lipinski definition) is 2. The second-order valence-electron chi connectivity index (χ2n) is 9.32. The predicted octanol–water partition coefficient (Wildman–Crippen LogP) is 6.46. The smallest absolute Gasteiger partial charge is 0.382 e. The van der Waals surface area contributed by atoms with Crippen molar-refractivity contribution in [1.82, 2.24) is 20.1 Å². The molecule has 1 aliphatic rings. The summed E-state index contributed by atoms with van der Waals surface area (Å²) in [7, 11) is 1.77. The second kappa shape index (κ2) is 10.0. The third-order valence-corrected chi connectivity index (χ3v) is 6.79. The van der Waals surface area contributed by atoms with Crippen molar-refractivity contribution in [3.63, 3.8) is 0 Å². The number of alkyl halides is 3. The van der Waals surface area contributed by atoms with Crippen LogP contribution in [0.4, 0.5) is 18.9 Å². The minimum Gasteiger partial charge on any atom is -0.382 e. The molecule has 2 aromatic carbocycles. The van der Waals surface area contributed by atoms with E-state index in [-0.39, 0.29) is 23.5 Å². The van der Waals surface area contributed by atoms with Gasteiger partial charge in [0.1, 0.15) is 11.4 Å². The highest BCUT2D eigenvalue weighted by Crippen LogP contribution is 2.35. The van der Waals surface area contributed by atoms with E-state index < -0.39 is 11.9 Å². The molecule has 0 saturated heterocycles. The molecule has 1 fully saturated rings. The number of amides is 1. The van der Waals surface area contributed by atoms with Crippen LogP contribution in [-0.4, -0.2) is 32.8 Å². The van der Waals surface area contributed by atoms with E-state index in [0.717, 1.165) is 30.9 Å². The van der Waals surface area contributed by atoms with Crippen LogP contribution in [0, 0.1) is 0 Å². The van der Waals surface area contributed by atoms with E-state index in [1.54, 1.807) is 24.0 Å². The summed E-state index contributed by atoms with van der Waals surface area (Å²) in [6, 6.07) is 14.9. The average Bonchev–Trinajstić information content (AvgIpc) is 3.26. The first-order valence-electron chi connectivity index (χ1n) is 12.0. The molecule has 2 atom stereocenters. The Labute approximate surface area is 216 Å². The fourth-order valence-corrected chi connectivity index (χ4v) is 5.03. The Morgan fingerprint density at radius 2 is 1.84 bits per heavy atom. The number of halogens is 4. The highest BCUT2D eigenvalue weighted by Gasteiger charge is 2.34. The summed E-state index contributed by atoms with van der Waals surface area (Å²) in [5.74, 6) is -0.224. The van der Waals surface area contributed by atoms with E-state index in [4.69, 9.17) is 11.6 Å². The average molecular weight is 528 g/mol. The van der Waals surface area contributed by atoms with Crippen molar-refractivity contribution < 1.29 is 18.0 Å². The first kappa shape index (κ1) is 25.1. The summed E-state index contributed by atoms with van der Waals surface area (Å²) in [6.45, 7) is 0. The fraction of sp³-hybridized carbons (Fsp3) is 0.296. The van der Waals surface area contributed by atoms with Gasteiger partial charge in [-0.05, 0) is 49.9 Å². The maximum atomic E-state index is 13.5. The van der Waals surface area contributed by atoms with E-state index in [2.05, 4.69) is 20.7 Å². The summed E-state index contributed by atoms with van der Waals surface area (Å²) in [6.07, 6.45) is 0.0482. The zero-order valence-electron chi connectivity index (χ0n) is 20.0. The van der Waals surface area contributed by atoms with Gasteiger partial charge in [0.15, 0.2) is 0 Å². The van der Waals surface area contributed by atoms with Crippen LogP contribution in [0.1, 0.15) is 41.7 Å². The van der Waals surface area contributed by atoms with Gasteiger partial charge in [0.2, 0.25) is 0 Å². The molecule has 1 saturated carbocycles. The number of pyridine rings is 1. The molecule has 0 unspecified atom stereocenters. The van der Waals surface area contributed by atoms with Crippen LogP contribution in [-0.2, 0) is 13.2 Å². The molecule has 1 aliphatic carbocycles. The number of hydrogen-bond acceptors (Lipinski definition) is 4. The molecule has 5 rings (SSSR count). The summed E-state index contributed by atoms with van der Waals surface area (Å²) in [5, 5.41) is 11.8. The van der Waals surface area contributed by atoms with Gasteiger partial charge < -0.3 is 10.6 Å². The lowest BCUT2D eigenvalue weighted by Gasteiger charge is -2.31. The Morgan fingerprint density at radius 3 is 2.59 bits per heavy atom. The van der Waals surface area contributed by atoms with Crippen molar-refractivity contribution in [3.8, 4) is 11.3 Å². The zero-order chi connectivity index (χ0) is 26.2. The van der Waals surface area contributed by atoms with Crippen LogP contribution in [0.2, 0.25) is 5.02 Å². The van der Waals surface area contributed by atoms with E-state index in [0.29, 0.717) is 33.8 Å². The van der Waals surface area contributed by atoms with Crippen LogP contribution in [0.25, 0.3) is 22.2 Å². The summed E-state index contributed by atoms with van der Waals surface area (Å²) in [4.78, 5) is 17.0. The molecule has 10 heteroatoms. The minimum atomic E-state index is -4.58. The maximum Gasteiger partial charge on any atom is 0.433 e. The van der Waals surface area contributed by atoms with Crippen molar-refractivity contribution in [2.45, 2.75) is 43.9 Å². The van der Waals surface area contributed by atoms with E-state index in [9.17, 15) is 18.0 Å². The first-order valence-corrected chi connectivity index (χ1v) is 12.4. The molecule has 0 aliphatic heterocycles. The number of carbonyl (C=O) groups is 1. The SMILES string of the molecule is Cn1cc(C(=O)N[C@@H]2CCC[C@H](Nc3cc(C(F)(F)F)nc4ccc(Cl)cc34)C2)c(-c2ccccc2)n1. The molecule has 0 spiro atoms. The Balaban J connectivity index is 1.35. The third kappa shape index (κ3) is 5.56. The molecule has 6 nitrogen and oxygen atoms in total. The van der Waals surface area contributed by atoms with Crippen molar-refractivity contribution in [2.24, 2.45) is 7.05 Å². The standard InChI is InChI=1S/C27H25ClF3N5O/c1-36-15-21(25(35-36)16-6-3-2-4-7-16)26(37)33-19-9-5-8-18(13-19)32-23-14-24(27(29,30)31)34-22-11-10-17(28)12-20(22)23/h2-4,6-7,10-12,14-15,18-19H,5,8-9,13H2,1H3,(H,32,34)(H,33,37)/t18-,19+/m0/s1. The number of rotatable bonds is 5. The Bertz CT molecular complexity index is 1440. The van der Waals surface area contributed by atoms with Crippen molar-refractivity contribution in [1.29, 1.82) is 0 Å². The topological polar surface area (TPSA) is 71.8 Å². The summed E-state index contributed by atoms with van der Waals surface area (Å²) in [5.41, 5.74) is 1.51. The first-order chi connectivity index (χ1) is 17.7. The van der Waals surface area contributed by atoms with Crippen LogP contribution in [0.5, 0.6) is 0 Å². The number of anilines is 1. The molecule has 4 aromatic rings. The van der Waals surface area contributed by atoms with Gasteiger partial charge in [-0.3, -0.25) is 9.48 Å². The quantitative estimate of drug-likeness (QED) is 0.312. The molecular formula is C27H25ClF3N5O. The highest BCUT2D eigenvalue weighted by molar-refractivity contribution is 6.31. The van der Waals surface area contributed by atoms with Gasteiger partial charge in [-0.2, -0.15) is 18.3 Å². The van der Waals surface area contributed by atoms with Gasteiger partial charge in [-0.15, -0.1) is 0 Å². The molecule has 37 heavy (non-hydrogen) atoms. The largest absolute Gasteiger partial charge is 0.433 e. The lowest BCUT2D eigenvalue weighted by molar-refractivity contribution is -0.140. The number of nitrogens with zero attached hydrogens (tertiary/aromatic N) is 3. The third-order valence-electron chi connectivity index (χ3n) is 6.55. The second-order valence-corrected chi connectivity index (χ2v) is 9.76. The normalized spacial score (nSPS) is 18.1. The van der Waals surface area contributed by atoms with Gasteiger partial charge in [-0.1, -0.05) is 41.9 Å². The van der Waals surface area contributed by atoms with Gasteiger partial charge in [0.05, 0.1) is 11.1 Å². The monoisotopic (exact) mass is 527 g/mol. The molecule has 0 radical (unpaired) electrons. The maximum absolute atomic E-state index is 13.5. The van der Waals surface area contributed by atoms with Crippen LogP contribution >= 0.6 is 11.6 Å². The van der Waals surface area contributed by atoms with Crippen LogP contribution in [0.15, 0.2) is 60.8 Å². The van der Waals surface area contributed by atoms with Gasteiger partial charge in [0.25, 0.3) is 5.91 Å².